The molecule has 1 heterocycles. The van der Waals surface area contributed by atoms with Gasteiger partial charge in [-0.25, -0.2) is 8.42 Å². The topological polar surface area (TPSA) is 103 Å². The Morgan fingerprint density at radius 1 is 1.09 bits per heavy atom. The van der Waals surface area contributed by atoms with Gasteiger partial charge in [0.2, 0.25) is 16.4 Å². The number of pyridine rings is 1. The molecule has 0 aliphatic carbocycles. The first-order valence-electron chi connectivity index (χ1n) is 11.2. The van der Waals surface area contributed by atoms with Gasteiger partial charge in [0, 0.05) is 18.5 Å². The fourth-order valence-electron chi connectivity index (χ4n) is 3.59. The molecule has 0 spiro atoms. The van der Waals surface area contributed by atoms with Gasteiger partial charge in [-0.2, -0.15) is 0 Å². The van der Waals surface area contributed by atoms with E-state index in [-0.39, 0.29) is 5.75 Å². The highest BCUT2D eigenvalue weighted by molar-refractivity contribution is 7.91. The van der Waals surface area contributed by atoms with E-state index >= 15 is 0 Å². The van der Waals surface area contributed by atoms with E-state index < -0.39 is 10.0 Å². The summed E-state index contributed by atoms with van der Waals surface area (Å²) in [5.74, 6) is 0.245. The van der Waals surface area contributed by atoms with Crippen LogP contribution in [0.5, 0.6) is 0 Å². The first-order chi connectivity index (χ1) is 16.3. The molecule has 0 saturated heterocycles. The third-order valence-electron chi connectivity index (χ3n) is 5.52. The maximum absolute atomic E-state index is 12.5. The van der Waals surface area contributed by atoms with Crippen LogP contribution in [0.3, 0.4) is 0 Å². The van der Waals surface area contributed by atoms with Crippen molar-refractivity contribution in [2.75, 3.05) is 11.3 Å². The minimum atomic E-state index is -3.54. The summed E-state index contributed by atoms with van der Waals surface area (Å²) in [6.45, 7) is 4.22. The Hall–Kier alpha value is -3.52. The lowest BCUT2D eigenvalue weighted by Crippen LogP contribution is -2.28. The van der Waals surface area contributed by atoms with Crippen LogP contribution in [0.25, 0.3) is 11.3 Å². The number of carbonyl (C=O) groups is 1. The Morgan fingerprint density at radius 2 is 1.79 bits per heavy atom. The van der Waals surface area contributed by atoms with Gasteiger partial charge in [0.25, 0.3) is 0 Å². The Balaban J connectivity index is 1.61. The molecule has 3 aromatic rings. The van der Waals surface area contributed by atoms with Crippen LogP contribution in [0.15, 0.2) is 66.9 Å². The zero-order valence-electron chi connectivity index (χ0n) is 19.5. The highest BCUT2D eigenvalue weighted by atomic mass is 32.2. The number of nitrogens with zero attached hydrogens (tertiary/aromatic N) is 2. The molecule has 1 aromatic heterocycles. The molecule has 0 atom stereocenters. The van der Waals surface area contributed by atoms with Crippen LogP contribution in [0, 0.1) is 12.3 Å². The third kappa shape index (κ3) is 6.99. The fourth-order valence-corrected chi connectivity index (χ4v) is 4.84. The monoisotopic (exact) mass is 478 g/mol. The van der Waals surface area contributed by atoms with E-state index in [1.165, 1.54) is 4.90 Å². The minimum absolute atomic E-state index is 0.0956. The van der Waals surface area contributed by atoms with Gasteiger partial charge < -0.3 is 4.90 Å². The summed E-state index contributed by atoms with van der Waals surface area (Å²) >= 11 is 0. The molecule has 1 amide bonds. The van der Waals surface area contributed by atoms with Gasteiger partial charge in [-0.1, -0.05) is 54.6 Å². The van der Waals surface area contributed by atoms with Crippen LogP contribution in [-0.4, -0.2) is 37.1 Å². The van der Waals surface area contributed by atoms with Crippen molar-refractivity contribution in [3.05, 3.63) is 83.6 Å². The summed E-state index contributed by atoms with van der Waals surface area (Å²) < 4.78 is 27.7. The number of sulfonamides is 1. The number of nitrogens with one attached hydrogen (secondary N) is 2. The van der Waals surface area contributed by atoms with Crippen molar-refractivity contribution in [1.29, 1.82) is 5.41 Å². The molecule has 0 unspecified atom stereocenters. The van der Waals surface area contributed by atoms with Crippen LogP contribution in [-0.2, 0) is 27.0 Å². The van der Waals surface area contributed by atoms with Crippen LogP contribution < -0.4 is 4.72 Å². The Kier molecular flexibility index (Phi) is 8.54. The van der Waals surface area contributed by atoms with E-state index in [0.29, 0.717) is 30.9 Å². The van der Waals surface area contributed by atoms with Crippen LogP contribution in [0.1, 0.15) is 36.5 Å². The molecule has 34 heavy (non-hydrogen) atoms. The Bertz CT molecular complexity index is 1230. The quantitative estimate of drug-likeness (QED) is 0.235. The second-order valence-electron chi connectivity index (χ2n) is 8.12. The number of hydrogen-bond donors (Lipinski definition) is 2. The Morgan fingerprint density at radius 3 is 2.41 bits per heavy atom. The molecule has 0 radical (unpaired) electrons. The number of aryl methyl sites for hydroxylation is 2. The maximum Gasteiger partial charge on any atom is 0.236 e. The molecule has 0 aliphatic heterocycles. The lowest BCUT2D eigenvalue weighted by Gasteiger charge is -2.15. The molecule has 3 rings (SSSR count). The van der Waals surface area contributed by atoms with Crippen molar-refractivity contribution in [3.8, 4) is 11.3 Å². The molecule has 0 fully saturated rings. The van der Waals surface area contributed by atoms with E-state index in [1.54, 1.807) is 18.3 Å². The molecule has 8 heteroatoms. The van der Waals surface area contributed by atoms with Gasteiger partial charge >= 0.3 is 0 Å². The van der Waals surface area contributed by atoms with Gasteiger partial charge in [0.1, 0.15) is 5.84 Å². The van der Waals surface area contributed by atoms with E-state index in [0.717, 1.165) is 40.8 Å². The molecule has 178 valence electrons. The van der Waals surface area contributed by atoms with Crippen molar-refractivity contribution in [1.82, 2.24) is 9.88 Å². The largest absolute Gasteiger partial charge is 0.304 e. The van der Waals surface area contributed by atoms with Crippen molar-refractivity contribution in [2.45, 2.75) is 38.9 Å². The SMILES string of the molecule is CCN(C=O)C(=N)CCCc1ccc(-c2cc(C)c(NS(=O)(=O)Cc3ccccc3)cn2)cc1. The molecule has 2 N–H and O–H groups in total. The summed E-state index contributed by atoms with van der Waals surface area (Å²) in [5, 5.41) is 7.95. The molecule has 0 aliphatic rings. The average molecular weight is 479 g/mol. The first kappa shape index (κ1) is 25.1. The van der Waals surface area contributed by atoms with E-state index in [4.69, 9.17) is 5.41 Å². The van der Waals surface area contributed by atoms with E-state index in [9.17, 15) is 13.2 Å². The predicted molar refractivity (Wildman–Crippen MR) is 136 cm³/mol. The summed E-state index contributed by atoms with van der Waals surface area (Å²) in [7, 11) is -3.54. The average Bonchev–Trinajstić information content (AvgIpc) is 2.82. The van der Waals surface area contributed by atoms with Crippen molar-refractivity contribution < 1.29 is 13.2 Å². The van der Waals surface area contributed by atoms with Crippen LogP contribution in [0.2, 0.25) is 0 Å². The van der Waals surface area contributed by atoms with Crippen molar-refractivity contribution in [3.63, 3.8) is 0 Å². The number of aromatic nitrogens is 1. The smallest absolute Gasteiger partial charge is 0.236 e. The van der Waals surface area contributed by atoms with Gasteiger partial charge in [-0.3, -0.25) is 19.9 Å². The molecular weight excluding hydrogens is 448 g/mol. The summed E-state index contributed by atoms with van der Waals surface area (Å²) in [6.07, 6.45) is 4.41. The molecule has 0 saturated carbocycles. The summed E-state index contributed by atoms with van der Waals surface area (Å²) in [4.78, 5) is 16.8. The number of amides is 1. The van der Waals surface area contributed by atoms with Crippen molar-refractivity contribution in [2.24, 2.45) is 0 Å². The number of anilines is 1. The molecule has 7 nitrogen and oxygen atoms in total. The maximum atomic E-state index is 12.5. The number of hydrogen-bond acceptors (Lipinski definition) is 5. The second-order valence-corrected chi connectivity index (χ2v) is 9.84. The highest BCUT2D eigenvalue weighted by Crippen LogP contribution is 2.24. The zero-order chi connectivity index (χ0) is 24.6. The third-order valence-corrected chi connectivity index (χ3v) is 6.76. The normalized spacial score (nSPS) is 11.1. The molecular formula is C26H30N4O3S. The number of benzene rings is 2. The standard InChI is InChI=1S/C26H30N4O3S/c1-3-30(19-31)26(27)11-7-10-21-12-14-23(15-13-21)24-16-20(2)25(17-28-24)29-34(32,33)18-22-8-5-4-6-9-22/h4-6,8-9,12-17,19,27,29H,3,7,10-11,18H2,1-2H3. The van der Waals surface area contributed by atoms with Crippen LogP contribution >= 0.6 is 0 Å². The van der Waals surface area contributed by atoms with E-state index in [1.807, 2.05) is 62.4 Å². The second kappa shape index (κ2) is 11.6. The number of carbonyl (C=O) groups excluding carboxylic acids is 1. The lowest BCUT2D eigenvalue weighted by atomic mass is 10.0. The summed E-state index contributed by atoms with van der Waals surface area (Å²) in [5.41, 5.74) is 4.83. The number of rotatable bonds is 11. The Labute approximate surface area is 201 Å². The van der Waals surface area contributed by atoms with Crippen molar-refractivity contribution >= 4 is 28.0 Å². The number of amidine groups is 1. The highest BCUT2D eigenvalue weighted by Gasteiger charge is 2.14. The predicted octanol–water partition coefficient (Wildman–Crippen LogP) is 4.78. The summed E-state index contributed by atoms with van der Waals surface area (Å²) in [6, 6.07) is 19.0. The van der Waals surface area contributed by atoms with Gasteiger partial charge in [-0.15, -0.1) is 0 Å². The van der Waals surface area contributed by atoms with Crippen LogP contribution in [0.4, 0.5) is 5.69 Å². The molecule has 2 aromatic carbocycles. The van der Waals surface area contributed by atoms with Gasteiger partial charge in [0.05, 0.1) is 23.3 Å². The lowest BCUT2D eigenvalue weighted by molar-refractivity contribution is -0.114. The first-order valence-corrected chi connectivity index (χ1v) is 12.9. The fraction of sp³-hybridized carbons (Fsp3) is 0.269. The molecule has 0 bridgehead atoms. The minimum Gasteiger partial charge on any atom is -0.304 e. The van der Waals surface area contributed by atoms with Gasteiger partial charge in [0.15, 0.2) is 0 Å². The van der Waals surface area contributed by atoms with E-state index in [2.05, 4.69) is 9.71 Å². The zero-order valence-corrected chi connectivity index (χ0v) is 20.3. The van der Waals surface area contributed by atoms with Gasteiger partial charge in [-0.05, 0) is 49.4 Å².